The Bertz CT molecular complexity index is 694. The number of aryl methyl sites for hydroxylation is 2. The summed E-state index contributed by atoms with van der Waals surface area (Å²) in [5, 5.41) is 5.51. The molecule has 0 aliphatic carbocycles. The van der Waals surface area contributed by atoms with Crippen molar-refractivity contribution in [2.24, 2.45) is 5.73 Å². The number of benzene rings is 2. The van der Waals surface area contributed by atoms with Gasteiger partial charge in [0.25, 0.3) is 0 Å². The summed E-state index contributed by atoms with van der Waals surface area (Å²) < 4.78 is 0. The number of nitrogens with two attached hydrogens (primary N) is 1. The minimum Gasteiger partial charge on any atom is -0.366 e. The van der Waals surface area contributed by atoms with Gasteiger partial charge in [-0.2, -0.15) is 0 Å². The van der Waals surface area contributed by atoms with E-state index in [1.165, 1.54) is 5.56 Å². The maximum Gasteiger partial charge on any atom is 0.319 e. The molecule has 2 aromatic carbocycles. The molecule has 3 amide bonds. The largest absolute Gasteiger partial charge is 0.366 e. The van der Waals surface area contributed by atoms with Gasteiger partial charge in [-0.3, -0.25) is 4.79 Å². The molecule has 0 radical (unpaired) electrons. The molecule has 0 aliphatic heterocycles. The Labute approximate surface area is 129 Å². The number of rotatable bonds is 4. The van der Waals surface area contributed by atoms with Crippen LogP contribution in [0.4, 0.5) is 10.5 Å². The maximum atomic E-state index is 11.9. The van der Waals surface area contributed by atoms with Crippen LogP contribution in [0.25, 0.3) is 0 Å². The lowest BCUT2D eigenvalue weighted by atomic mass is 10.1. The van der Waals surface area contributed by atoms with Gasteiger partial charge in [0.1, 0.15) is 0 Å². The van der Waals surface area contributed by atoms with E-state index < -0.39 is 5.91 Å². The van der Waals surface area contributed by atoms with Crippen LogP contribution in [0.2, 0.25) is 0 Å². The standard InChI is InChI=1S/C17H19N3O2/c1-11-3-5-13(6-4-11)10-19-17(22)20-14-7-8-15(16(18)21)12(2)9-14/h3-9H,10H2,1-2H3,(H2,18,21)(H2,19,20,22). The van der Waals surface area contributed by atoms with Crippen LogP contribution in [-0.2, 0) is 6.54 Å². The number of nitrogens with one attached hydrogen (secondary N) is 2. The highest BCUT2D eigenvalue weighted by Gasteiger charge is 2.07. The molecule has 2 rings (SSSR count). The Balaban J connectivity index is 1.93. The summed E-state index contributed by atoms with van der Waals surface area (Å²) in [7, 11) is 0. The summed E-state index contributed by atoms with van der Waals surface area (Å²) in [6, 6.07) is 12.6. The number of anilines is 1. The van der Waals surface area contributed by atoms with E-state index in [4.69, 9.17) is 5.73 Å². The van der Waals surface area contributed by atoms with E-state index in [1.54, 1.807) is 25.1 Å². The maximum absolute atomic E-state index is 11.9. The third-order valence-electron chi connectivity index (χ3n) is 3.32. The average Bonchev–Trinajstić information content (AvgIpc) is 2.46. The van der Waals surface area contributed by atoms with Crippen molar-refractivity contribution in [3.05, 3.63) is 64.7 Å². The van der Waals surface area contributed by atoms with Gasteiger partial charge in [0, 0.05) is 17.8 Å². The fourth-order valence-electron chi connectivity index (χ4n) is 2.08. The van der Waals surface area contributed by atoms with Crippen molar-refractivity contribution in [2.45, 2.75) is 20.4 Å². The highest BCUT2D eigenvalue weighted by molar-refractivity contribution is 5.95. The summed E-state index contributed by atoms with van der Waals surface area (Å²) in [6.45, 7) is 4.24. The molecule has 0 saturated heterocycles. The van der Waals surface area contributed by atoms with E-state index in [9.17, 15) is 9.59 Å². The lowest BCUT2D eigenvalue weighted by molar-refractivity contribution is 0.0999. The molecule has 0 aliphatic rings. The molecule has 5 heteroatoms. The number of urea groups is 1. The van der Waals surface area contributed by atoms with Crippen molar-refractivity contribution in [1.29, 1.82) is 0 Å². The second-order valence-corrected chi connectivity index (χ2v) is 5.19. The summed E-state index contributed by atoms with van der Waals surface area (Å²) in [5.74, 6) is -0.479. The molecule has 114 valence electrons. The summed E-state index contributed by atoms with van der Waals surface area (Å²) in [6.07, 6.45) is 0. The highest BCUT2D eigenvalue weighted by atomic mass is 16.2. The van der Waals surface area contributed by atoms with Crippen LogP contribution in [0, 0.1) is 13.8 Å². The molecule has 0 unspecified atom stereocenters. The fourth-order valence-corrected chi connectivity index (χ4v) is 2.08. The Hall–Kier alpha value is -2.82. The molecule has 5 nitrogen and oxygen atoms in total. The molecule has 2 aromatic rings. The SMILES string of the molecule is Cc1ccc(CNC(=O)Nc2ccc(C(N)=O)c(C)c2)cc1. The van der Waals surface area contributed by atoms with E-state index >= 15 is 0 Å². The zero-order valence-electron chi connectivity index (χ0n) is 12.6. The molecular formula is C17H19N3O2. The van der Waals surface area contributed by atoms with Gasteiger partial charge in [-0.1, -0.05) is 29.8 Å². The van der Waals surface area contributed by atoms with Gasteiger partial charge in [-0.15, -0.1) is 0 Å². The van der Waals surface area contributed by atoms with Gasteiger partial charge in [0.2, 0.25) is 5.91 Å². The van der Waals surface area contributed by atoms with Crippen LogP contribution in [0.15, 0.2) is 42.5 Å². The van der Waals surface area contributed by atoms with Crippen molar-refractivity contribution in [2.75, 3.05) is 5.32 Å². The van der Waals surface area contributed by atoms with Crippen molar-refractivity contribution in [1.82, 2.24) is 5.32 Å². The second-order valence-electron chi connectivity index (χ2n) is 5.19. The highest BCUT2D eigenvalue weighted by Crippen LogP contribution is 2.14. The van der Waals surface area contributed by atoms with Crippen molar-refractivity contribution >= 4 is 17.6 Å². The van der Waals surface area contributed by atoms with Crippen LogP contribution in [0.1, 0.15) is 27.0 Å². The first kappa shape index (κ1) is 15.6. The van der Waals surface area contributed by atoms with Gasteiger partial charge in [0.05, 0.1) is 0 Å². The number of carbonyl (C=O) groups excluding carboxylic acids is 2. The molecule has 0 fully saturated rings. The van der Waals surface area contributed by atoms with Crippen molar-refractivity contribution in [3.8, 4) is 0 Å². The molecule has 0 bridgehead atoms. The van der Waals surface area contributed by atoms with Gasteiger partial charge < -0.3 is 16.4 Å². The van der Waals surface area contributed by atoms with Crippen LogP contribution < -0.4 is 16.4 Å². The van der Waals surface area contributed by atoms with Gasteiger partial charge in [-0.05, 0) is 43.2 Å². The van der Waals surface area contributed by atoms with E-state index in [2.05, 4.69) is 10.6 Å². The lowest BCUT2D eigenvalue weighted by Gasteiger charge is -2.10. The van der Waals surface area contributed by atoms with Crippen LogP contribution in [0.5, 0.6) is 0 Å². The minimum absolute atomic E-state index is 0.299. The third-order valence-corrected chi connectivity index (χ3v) is 3.32. The second kappa shape index (κ2) is 6.76. The zero-order valence-corrected chi connectivity index (χ0v) is 12.6. The third kappa shape index (κ3) is 4.09. The smallest absolute Gasteiger partial charge is 0.319 e. The first-order valence-electron chi connectivity index (χ1n) is 6.96. The number of carbonyl (C=O) groups is 2. The summed E-state index contributed by atoms with van der Waals surface area (Å²) >= 11 is 0. The van der Waals surface area contributed by atoms with E-state index in [0.717, 1.165) is 11.1 Å². The fraction of sp³-hybridized carbons (Fsp3) is 0.176. The molecule has 0 spiro atoms. The quantitative estimate of drug-likeness (QED) is 0.810. The molecule has 4 N–H and O–H groups in total. The van der Waals surface area contributed by atoms with Gasteiger partial charge in [-0.25, -0.2) is 4.79 Å². The van der Waals surface area contributed by atoms with E-state index in [0.29, 0.717) is 17.8 Å². The minimum atomic E-state index is -0.479. The van der Waals surface area contributed by atoms with Crippen molar-refractivity contribution < 1.29 is 9.59 Å². The average molecular weight is 297 g/mol. The van der Waals surface area contributed by atoms with E-state index in [1.807, 2.05) is 31.2 Å². The molecule has 0 atom stereocenters. The van der Waals surface area contributed by atoms with Crippen molar-refractivity contribution in [3.63, 3.8) is 0 Å². The number of hydrogen-bond acceptors (Lipinski definition) is 2. The van der Waals surface area contributed by atoms with Crippen LogP contribution in [0.3, 0.4) is 0 Å². The Morgan fingerprint density at radius 2 is 1.73 bits per heavy atom. The Morgan fingerprint density at radius 3 is 2.32 bits per heavy atom. The first-order valence-corrected chi connectivity index (χ1v) is 6.96. The number of primary amides is 1. The topological polar surface area (TPSA) is 84.2 Å². The molecule has 22 heavy (non-hydrogen) atoms. The molecule has 0 heterocycles. The van der Waals surface area contributed by atoms with Gasteiger partial charge in [0.15, 0.2) is 0 Å². The van der Waals surface area contributed by atoms with Gasteiger partial charge >= 0.3 is 6.03 Å². The van der Waals surface area contributed by atoms with Crippen LogP contribution in [-0.4, -0.2) is 11.9 Å². The lowest BCUT2D eigenvalue weighted by Crippen LogP contribution is -2.28. The van der Waals surface area contributed by atoms with Crippen LogP contribution >= 0.6 is 0 Å². The predicted molar refractivity (Wildman–Crippen MR) is 86.7 cm³/mol. The summed E-state index contributed by atoms with van der Waals surface area (Å²) in [4.78, 5) is 23.0. The number of hydrogen-bond donors (Lipinski definition) is 3. The molecular weight excluding hydrogens is 278 g/mol. The number of amides is 3. The Morgan fingerprint density at radius 1 is 1.05 bits per heavy atom. The normalized spacial score (nSPS) is 10.1. The molecule has 0 saturated carbocycles. The monoisotopic (exact) mass is 297 g/mol. The summed E-state index contributed by atoms with van der Waals surface area (Å²) in [5.41, 5.74) is 9.25. The van der Waals surface area contributed by atoms with E-state index in [-0.39, 0.29) is 6.03 Å². The first-order chi connectivity index (χ1) is 10.5. The molecule has 0 aromatic heterocycles. The predicted octanol–water partition coefficient (Wildman–Crippen LogP) is 2.72. The zero-order chi connectivity index (χ0) is 16.1. The Kier molecular flexibility index (Phi) is 4.78.